The lowest BCUT2D eigenvalue weighted by Gasteiger charge is -2.37. The van der Waals surface area contributed by atoms with E-state index in [-0.39, 0.29) is 29.6 Å². The van der Waals surface area contributed by atoms with Crippen molar-refractivity contribution < 1.29 is 31.1 Å². The molecule has 1 aromatic heterocycles. The molecule has 0 saturated carbocycles. The van der Waals surface area contributed by atoms with Gasteiger partial charge in [-0.05, 0) is 37.5 Å². The first-order valence-corrected chi connectivity index (χ1v) is 8.10. The van der Waals surface area contributed by atoms with Crippen LogP contribution in [0.15, 0.2) is 29.1 Å². The van der Waals surface area contributed by atoms with Gasteiger partial charge in [0.2, 0.25) is 5.56 Å². The van der Waals surface area contributed by atoms with Crippen molar-refractivity contribution in [3.05, 3.63) is 40.2 Å². The Morgan fingerprint density at radius 3 is 2.41 bits per heavy atom. The number of H-pyrrole nitrogens is 1. The quantitative estimate of drug-likeness (QED) is 0.785. The molecule has 0 radical (unpaired) electrons. The molecule has 4 nitrogen and oxygen atoms in total. The second-order valence-electron chi connectivity index (χ2n) is 6.34. The van der Waals surface area contributed by atoms with E-state index >= 15 is 0 Å². The molecule has 146 valence electrons. The number of fused-ring (bicyclic) bond motifs is 1. The number of piperidine rings is 1. The first-order chi connectivity index (χ1) is 12.5. The molecule has 10 heteroatoms. The van der Waals surface area contributed by atoms with Crippen LogP contribution >= 0.6 is 0 Å². The zero-order valence-corrected chi connectivity index (χ0v) is 13.7. The summed E-state index contributed by atoms with van der Waals surface area (Å²) in [7, 11) is 0. The Kier molecular flexibility index (Phi) is 4.69. The number of carbonyl (C=O) groups is 1. The highest BCUT2D eigenvalue weighted by Gasteiger charge is 2.46. The molecule has 0 bridgehead atoms. The molecule has 1 saturated heterocycles. The number of halogens is 6. The number of aromatic amines is 1. The van der Waals surface area contributed by atoms with Crippen LogP contribution in [-0.2, 0) is 11.0 Å². The third-order valence-corrected chi connectivity index (χ3v) is 4.55. The molecular formula is C17H14F6N2O2. The molecule has 0 amide bonds. The fourth-order valence-corrected chi connectivity index (χ4v) is 3.36. The molecule has 0 spiro atoms. The van der Waals surface area contributed by atoms with E-state index < -0.39 is 35.3 Å². The smallest absolute Gasteiger partial charge is 0.361 e. The van der Waals surface area contributed by atoms with Gasteiger partial charge in [0.05, 0.1) is 11.6 Å². The number of carbonyl (C=O) groups excluding carboxylic acids is 1. The Morgan fingerprint density at radius 2 is 1.78 bits per heavy atom. The van der Waals surface area contributed by atoms with Crippen LogP contribution in [0.25, 0.3) is 10.9 Å². The molecular weight excluding hydrogens is 378 g/mol. The number of nitrogens with zero attached hydrogens (tertiary/aromatic N) is 1. The highest BCUT2D eigenvalue weighted by atomic mass is 19.4. The van der Waals surface area contributed by atoms with E-state index in [0.29, 0.717) is 18.9 Å². The Bertz CT molecular complexity index is 932. The second-order valence-corrected chi connectivity index (χ2v) is 6.34. The van der Waals surface area contributed by atoms with Crippen molar-refractivity contribution in [3.63, 3.8) is 0 Å². The Morgan fingerprint density at radius 1 is 1.07 bits per heavy atom. The van der Waals surface area contributed by atoms with E-state index in [2.05, 4.69) is 4.98 Å². The predicted molar refractivity (Wildman–Crippen MR) is 85.6 cm³/mol. The Hall–Kier alpha value is -2.52. The first-order valence-electron chi connectivity index (χ1n) is 8.10. The van der Waals surface area contributed by atoms with Crippen LogP contribution in [0.2, 0.25) is 0 Å². The standard InChI is InChI=1S/C17H14F6N2O2/c18-16(19,20)11-8-14(26)24-12-5-4-9(7-10(11)12)25-6-2-1-3-13(25)15(27)17(21,22)23/h4-5,7-8,13H,1-3,6H2,(H,24,26). The maximum Gasteiger partial charge on any atom is 0.452 e. The molecule has 0 aliphatic carbocycles. The van der Waals surface area contributed by atoms with Crippen LogP contribution in [0.1, 0.15) is 24.8 Å². The summed E-state index contributed by atoms with van der Waals surface area (Å²) in [5.41, 5.74) is -2.14. The van der Waals surface area contributed by atoms with Gasteiger partial charge in [0.15, 0.2) is 0 Å². The largest absolute Gasteiger partial charge is 0.452 e. The number of nitrogens with one attached hydrogen (secondary N) is 1. The fourth-order valence-electron chi connectivity index (χ4n) is 3.36. The topological polar surface area (TPSA) is 53.2 Å². The average Bonchev–Trinajstić information content (AvgIpc) is 2.58. The van der Waals surface area contributed by atoms with E-state index in [4.69, 9.17) is 0 Å². The van der Waals surface area contributed by atoms with Crippen LogP contribution in [0.4, 0.5) is 32.0 Å². The van der Waals surface area contributed by atoms with Crippen molar-refractivity contribution in [3.8, 4) is 0 Å². The normalized spacial score (nSPS) is 18.7. The summed E-state index contributed by atoms with van der Waals surface area (Å²) in [6, 6.07) is 2.50. The lowest BCUT2D eigenvalue weighted by Crippen LogP contribution is -2.49. The van der Waals surface area contributed by atoms with E-state index in [1.165, 1.54) is 17.0 Å². The van der Waals surface area contributed by atoms with Crippen LogP contribution in [0.5, 0.6) is 0 Å². The zero-order chi connectivity index (χ0) is 20.0. The van der Waals surface area contributed by atoms with Crippen molar-refractivity contribution in [2.24, 2.45) is 0 Å². The maximum absolute atomic E-state index is 13.3. The first kappa shape index (κ1) is 19.2. The van der Waals surface area contributed by atoms with E-state index in [1.807, 2.05) is 0 Å². The number of aromatic nitrogens is 1. The maximum atomic E-state index is 13.3. The predicted octanol–water partition coefficient (Wildman–Crippen LogP) is 4.04. The van der Waals surface area contributed by atoms with Gasteiger partial charge in [0.1, 0.15) is 0 Å². The van der Waals surface area contributed by atoms with Gasteiger partial charge in [-0.1, -0.05) is 0 Å². The third kappa shape index (κ3) is 3.79. The molecule has 1 N–H and O–H groups in total. The SMILES string of the molecule is O=C(C1CCCCN1c1ccc2[nH]c(=O)cc(C(F)(F)F)c2c1)C(F)(F)F. The van der Waals surface area contributed by atoms with Gasteiger partial charge < -0.3 is 9.88 Å². The number of rotatable bonds is 2. The van der Waals surface area contributed by atoms with Gasteiger partial charge in [0.25, 0.3) is 5.78 Å². The monoisotopic (exact) mass is 392 g/mol. The van der Waals surface area contributed by atoms with Crippen molar-refractivity contribution in [1.29, 1.82) is 0 Å². The molecule has 1 fully saturated rings. The van der Waals surface area contributed by atoms with E-state index in [1.54, 1.807) is 0 Å². The van der Waals surface area contributed by atoms with E-state index in [9.17, 15) is 35.9 Å². The molecule has 2 heterocycles. The number of pyridine rings is 1. The minimum absolute atomic E-state index is 0.0336. The number of anilines is 1. The fraction of sp³-hybridized carbons (Fsp3) is 0.412. The van der Waals surface area contributed by atoms with Gasteiger partial charge >= 0.3 is 12.4 Å². The summed E-state index contributed by atoms with van der Waals surface area (Å²) in [5, 5.41) is -0.344. The van der Waals surface area contributed by atoms with Crippen LogP contribution < -0.4 is 10.5 Å². The molecule has 1 atom stereocenters. The van der Waals surface area contributed by atoms with Crippen LogP contribution in [0.3, 0.4) is 0 Å². The van der Waals surface area contributed by atoms with E-state index in [0.717, 1.165) is 6.07 Å². The Labute approximate surface area is 148 Å². The molecule has 1 aromatic carbocycles. The minimum atomic E-state index is -5.03. The van der Waals surface area contributed by atoms with Crippen molar-refractivity contribution in [2.45, 2.75) is 37.7 Å². The van der Waals surface area contributed by atoms with Gasteiger partial charge in [-0.25, -0.2) is 0 Å². The van der Waals surface area contributed by atoms with Crippen molar-refractivity contribution in [1.82, 2.24) is 4.98 Å². The number of ketones is 1. The third-order valence-electron chi connectivity index (χ3n) is 4.55. The molecule has 1 aliphatic heterocycles. The number of hydrogen-bond acceptors (Lipinski definition) is 3. The number of Topliss-reactive ketones (excluding diaryl/α,β-unsaturated/α-hetero) is 1. The number of hydrogen-bond donors (Lipinski definition) is 1. The average molecular weight is 392 g/mol. The Balaban J connectivity index is 2.12. The lowest BCUT2D eigenvalue weighted by molar-refractivity contribution is -0.173. The minimum Gasteiger partial charge on any atom is -0.361 e. The summed E-state index contributed by atoms with van der Waals surface area (Å²) in [5.74, 6) is -1.92. The summed E-state index contributed by atoms with van der Waals surface area (Å²) < 4.78 is 78.4. The second kappa shape index (κ2) is 6.58. The number of alkyl halides is 6. The summed E-state index contributed by atoms with van der Waals surface area (Å²) in [4.78, 5) is 26.7. The van der Waals surface area contributed by atoms with Crippen LogP contribution in [0, 0.1) is 0 Å². The summed E-state index contributed by atoms with van der Waals surface area (Å²) in [6.07, 6.45) is -8.95. The molecule has 3 rings (SSSR count). The molecule has 27 heavy (non-hydrogen) atoms. The molecule has 1 aliphatic rings. The highest BCUT2D eigenvalue weighted by Crippen LogP contribution is 2.36. The summed E-state index contributed by atoms with van der Waals surface area (Å²) >= 11 is 0. The van der Waals surface area contributed by atoms with Crippen molar-refractivity contribution >= 4 is 22.4 Å². The van der Waals surface area contributed by atoms with Crippen molar-refractivity contribution in [2.75, 3.05) is 11.4 Å². The lowest BCUT2D eigenvalue weighted by atomic mass is 9.96. The molecule has 1 unspecified atom stereocenters. The van der Waals surface area contributed by atoms with Gasteiger partial charge in [-0.3, -0.25) is 9.59 Å². The van der Waals surface area contributed by atoms with Gasteiger partial charge in [-0.15, -0.1) is 0 Å². The molecule has 2 aromatic rings. The summed E-state index contributed by atoms with van der Waals surface area (Å²) in [6.45, 7) is 0.114. The van der Waals surface area contributed by atoms with Gasteiger partial charge in [0, 0.05) is 29.2 Å². The highest BCUT2D eigenvalue weighted by molar-refractivity contribution is 5.93. The zero-order valence-electron chi connectivity index (χ0n) is 13.7. The van der Waals surface area contributed by atoms with Gasteiger partial charge in [-0.2, -0.15) is 26.3 Å². The van der Waals surface area contributed by atoms with Crippen LogP contribution in [-0.4, -0.2) is 29.5 Å². The number of benzene rings is 1.